The van der Waals surface area contributed by atoms with Gasteiger partial charge in [-0.2, -0.15) is 0 Å². The van der Waals surface area contributed by atoms with E-state index in [4.69, 9.17) is 5.73 Å². The molecule has 1 unspecified atom stereocenters. The Morgan fingerprint density at radius 2 is 2.29 bits per heavy atom. The second-order valence-corrected chi connectivity index (χ2v) is 4.55. The molecule has 1 saturated heterocycles. The molecule has 0 bridgehead atoms. The summed E-state index contributed by atoms with van der Waals surface area (Å²) in [6.07, 6.45) is 1.65. The van der Waals surface area contributed by atoms with Gasteiger partial charge >= 0.3 is 0 Å². The zero-order valence-corrected chi connectivity index (χ0v) is 9.87. The normalized spacial score (nSPS) is 21.6. The molecule has 0 aliphatic carbocycles. The number of nitrogens with zero attached hydrogens (tertiary/aromatic N) is 2. The van der Waals surface area contributed by atoms with E-state index in [0.29, 0.717) is 13.1 Å². The molecule has 1 aromatic rings. The first-order valence-corrected chi connectivity index (χ1v) is 5.78. The van der Waals surface area contributed by atoms with Gasteiger partial charge in [-0.1, -0.05) is 6.07 Å². The predicted octanol–water partition coefficient (Wildman–Crippen LogP) is 1.94. The average molecular weight is 241 g/mol. The quantitative estimate of drug-likeness (QED) is 0.879. The van der Waals surface area contributed by atoms with Gasteiger partial charge in [-0.25, -0.2) is 8.78 Å². The Labute approximate surface area is 99.6 Å². The zero-order valence-electron chi connectivity index (χ0n) is 9.87. The molecular formula is C12H17F2N3. The molecule has 1 aliphatic rings. The van der Waals surface area contributed by atoms with Gasteiger partial charge in [0.25, 0.3) is 5.92 Å². The Morgan fingerprint density at radius 1 is 1.53 bits per heavy atom. The fourth-order valence-electron chi connectivity index (χ4n) is 2.08. The van der Waals surface area contributed by atoms with Crippen molar-refractivity contribution in [3.05, 3.63) is 29.6 Å². The first-order chi connectivity index (χ1) is 8.02. The van der Waals surface area contributed by atoms with Gasteiger partial charge in [-0.3, -0.25) is 9.88 Å². The molecule has 2 heterocycles. The third kappa shape index (κ3) is 2.79. The summed E-state index contributed by atoms with van der Waals surface area (Å²) in [5.41, 5.74) is 7.26. The molecule has 1 aromatic heterocycles. The van der Waals surface area contributed by atoms with E-state index in [0.717, 1.165) is 11.3 Å². The van der Waals surface area contributed by atoms with Crippen LogP contribution in [0.2, 0.25) is 0 Å². The molecule has 1 fully saturated rings. The van der Waals surface area contributed by atoms with Gasteiger partial charge in [0.05, 0.1) is 12.2 Å². The maximum Gasteiger partial charge on any atom is 0.261 e. The highest BCUT2D eigenvalue weighted by atomic mass is 19.3. The smallest absolute Gasteiger partial charge is 0.261 e. The van der Waals surface area contributed by atoms with Crippen molar-refractivity contribution in [2.45, 2.75) is 31.9 Å². The SMILES string of the molecule is CC(c1ccc(CN)cn1)N1CCC(F)(F)C1. The Kier molecular flexibility index (Phi) is 3.40. The summed E-state index contributed by atoms with van der Waals surface area (Å²) < 4.78 is 26.2. The second-order valence-electron chi connectivity index (χ2n) is 4.55. The first kappa shape index (κ1) is 12.4. The minimum Gasteiger partial charge on any atom is -0.326 e. The number of hydrogen-bond donors (Lipinski definition) is 1. The highest BCUT2D eigenvalue weighted by Gasteiger charge is 2.40. The predicted molar refractivity (Wildman–Crippen MR) is 61.7 cm³/mol. The maximum absolute atomic E-state index is 13.1. The summed E-state index contributed by atoms with van der Waals surface area (Å²) in [5.74, 6) is -2.55. The van der Waals surface area contributed by atoms with Crippen LogP contribution in [0.1, 0.15) is 30.6 Å². The molecule has 3 nitrogen and oxygen atoms in total. The summed E-state index contributed by atoms with van der Waals surface area (Å²) in [7, 11) is 0. The molecule has 2 rings (SSSR count). The number of alkyl halides is 2. The number of hydrogen-bond acceptors (Lipinski definition) is 3. The Balaban J connectivity index is 2.06. The zero-order chi connectivity index (χ0) is 12.5. The van der Waals surface area contributed by atoms with Crippen molar-refractivity contribution < 1.29 is 8.78 Å². The van der Waals surface area contributed by atoms with Crippen LogP contribution in [0.3, 0.4) is 0 Å². The van der Waals surface area contributed by atoms with Crippen LogP contribution in [0, 0.1) is 0 Å². The van der Waals surface area contributed by atoms with Crippen molar-refractivity contribution >= 4 is 0 Å². The number of rotatable bonds is 3. The Morgan fingerprint density at radius 3 is 2.76 bits per heavy atom. The van der Waals surface area contributed by atoms with E-state index >= 15 is 0 Å². The summed E-state index contributed by atoms with van der Waals surface area (Å²) in [6, 6.07) is 3.69. The van der Waals surface area contributed by atoms with Gasteiger partial charge in [0.1, 0.15) is 0 Å². The minimum absolute atomic E-state index is 0.0573. The van der Waals surface area contributed by atoms with Crippen LogP contribution in [0.4, 0.5) is 8.78 Å². The van der Waals surface area contributed by atoms with Crippen LogP contribution >= 0.6 is 0 Å². The number of likely N-dealkylation sites (tertiary alicyclic amines) is 1. The minimum atomic E-state index is -2.55. The second kappa shape index (κ2) is 4.66. The number of nitrogens with two attached hydrogens (primary N) is 1. The topological polar surface area (TPSA) is 42.1 Å². The number of halogens is 2. The van der Waals surface area contributed by atoms with Crippen molar-refractivity contribution in [1.82, 2.24) is 9.88 Å². The maximum atomic E-state index is 13.1. The van der Waals surface area contributed by atoms with Crippen LogP contribution in [0.5, 0.6) is 0 Å². The van der Waals surface area contributed by atoms with Gasteiger partial charge < -0.3 is 5.73 Å². The van der Waals surface area contributed by atoms with Crippen molar-refractivity contribution in [2.24, 2.45) is 5.73 Å². The average Bonchev–Trinajstić information content (AvgIpc) is 2.69. The summed E-state index contributed by atoms with van der Waals surface area (Å²) in [4.78, 5) is 6.04. The standard InChI is InChI=1S/C12H17F2N3/c1-9(17-5-4-12(13,14)8-17)11-3-2-10(6-15)7-16-11/h2-3,7,9H,4-6,8,15H2,1H3. The number of aromatic nitrogens is 1. The van der Waals surface area contributed by atoms with Crippen LogP contribution < -0.4 is 5.73 Å². The van der Waals surface area contributed by atoms with E-state index in [9.17, 15) is 8.78 Å². The van der Waals surface area contributed by atoms with E-state index in [2.05, 4.69) is 4.98 Å². The third-order valence-corrected chi connectivity index (χ3v) is 3.26. The molecule has 0 radical (unpaired) electrons. The fourth-order valence-corrected chi connectivity index (χ4v) is 2.08. The molecule has 5 heteroatoms. The van der Waals surface area contributed by atoms with Crippen molar-refractivity contribution in [3.8, 4) is 0 Å². The third-order valence-electron chi connectivity index (χ3n) is 3.26. The van der Waals surface area contributed by atoms with Crippen LogP contribution in [0.25, 0.3) is 0 Å². The molecule has 94 valence electrons. The van der Waals surface area contributed by atoms with Gasteiger partial charge in [0, 0.05) is 31.7 Å². The highest BCUT2D eigenvalue weighted by Crippen LogP contribution is 2.32. The van der Waals surface area contributed by atoms with Gasteiger partial charge in [0.15, 0.2) is 0 Å². The van der Waals surface area contributed by atoms with E-state index in [1.54, 1.807) is 11.1 Å². The molecule has 1 aliphatic heterocycles. The lowest BCUT2D eigenvalue weighted by molar-refractivity contribution is 0.00815. The van der Waals surface area contributed by atoms with Crippen LogP contribution in [-0.2, 0) is 6.54 Å². The molecule has 0 saturated carbocycles. The van der Waals surface area contributed by atoms with E-state index in [1.165, 1.54) is 0 Å². The highest BCUT2D eigenvalue weighted by molar-refractivity contribution is 5.16. The summed E-state index contributed by atoms with van der Waals surface area (Å²) in [6.45, 7) is 2.61. The van der Waals surface area contributed by atoms with E-state index in [-0.39, 0.29) is 19.0 Å². The van der Waals surface area contributed by atoms with Crippen LogP contribution in [0.15, 0.2) is 18.3 Å². The Hall–Kier alpha value is -1.07. The van der Waals surface area contributed by atoms with Crippen molar-refractivity contribution in [2.75, 3.05) is 13.1 Å². The fraction of sp³-hybridized carbons (Fsp3) is 0.583. The molecular weight excluding hydrogens is 224 g/mol. The molecule has 0 amide bonds. The summed E-state index contributed by atoms with van der Waals surface area (Å²) in [5, 5.41) is 0. The molecule has 0 aromatic carbocycles. The Bertz CT molecular complexity index is 378. The van der Waals surface area contributed by atoms with Gasteiger partial charge in [-0.05, 0) is 18.6 Å². The van der Waals surface area contributed by atoms with Gasteiger partial charge in [-0.15, -0.1) is 0 Å². The lowest BCUT2D eigenvalue weighted by Gasteiger charge is -2.23. The van der Waals surface area contributed by atoms with Crippen molar-refractivity contribution in [1.29, 1.82) is 0 Å². The largest absolute Gasteiger partial charge is 0.326 e. The van der Waals surface area contributed by atoms with E-state index in [1.807, 2.05) is 19.1 Å². The molecule has 1 atom stereocenters. The lowest BCUT2D eigenvalue weighted by atomic mass is 10.1. The number of pyridine rings is 1. The monoisotopic (exact) mass is 241 g/mol. The lowest BCUT2D eigenvalue weighted by Crippen LogP contribution is -2.28. The molecule has 0 spiro atoms. The molecule has 17 heavy (non-hydrogen) atoms. The van der Waals surface area contributed by atoms with Gasteiger partial charge in [0.2, 0.25) is 0 Å². The summed E-state index contributed by atoms with van der Waals surface area (Å²) >= 11 is 0. The van der Waals surface area contributed by atoms with E-state index < -0.39 is 5.92 Å². The van der Waals surface area contributed by atoms with Crippen molar-refractivity contribution in [3.63, 3.8) is 0 Å². The van der Waals surface area contributed by atoms with Crippen LogP contribution in [-0.4, -0.2) is 28.9 Å². The first-order valence-electron chi connectivity index (χ1n) is 5.78. The molecule has 2 N–H and O–H groups in total.